The van der Waals surface area contributed by atoms with E-state index < -0.39 is 0 Å². The van der Waals surface area contributed by atoms with Gasteiger partial charge in [0.2, 0.25) is 0 Å². The normalized spacial score (nSPS) is 11.7. The average molecular weight is 532 g/mol. The van der Waals surface area contributed by atoms with Crippen molar-refractivity contribution in [2.45, 2.75) is 32.1 Å². The highest BCUT2D eigenvalue weighted by molar-refractivity contribution is 7.99. The lowest BCUT2D eigenvalue weighted by Crippen LogP contribution is -2.20. The molecule has 0 radical (unpaired) electrons. The monoisotopic (exact) mass is 531 g/mol. The molecule has 0 saturated carbocycles. The number of aromatic nitrogens is 3. The Morgan fingerprint density at radius 2 is 1.64 bits per heavy atom. The van der Waals surface area contributed by atoms with E-state index in [4.69, 9.17) is 4.98 Å². The van der Waals surface area contributed by atoms with Gasteiger partial charge >= 0.3 is 0 Å². The fourth-order valence-electron chi connectivity index (χ4n) is 5.03. The number of hydrazone groups is 1. The predicted octanol–water partition coefficient (Wildman–Crippen LogP) is 6.76. The number of thioether (sulfide) groups is 1. The number of hydrogen-bond acceptors (Lipinski definition) is 4. The second kappa shape index (κ2) is 10.8. The van der Waals surface area contributed by atoms with Gasteiger partial charge in [-0.2, -0.15) is 5.10 Å². The van der Waals surface area contributed by atoms with E-state index in [1.54, 1.807) is 6.21 Å². The number of benzene rings is 4. The molecule has 2 heterocycles. The van der Waals surface area contributed by atoms with Crippen LogP contribution in [-0.2, 0) is 17.9 Å². The van der Waals surface area contributed by atoms with Gasteiger partial charge in [-0.05, 0) is 55.3 Å². The molecule has 6 aromatic rings. The molecule has 0 fully saturated rings. The summed E-state index contributed by atoms with van der Waals surface area (Å²) in [5.74, 6) is 0.0475. The molecule has 6 nitrogen and oxygen atoms in total. The van der Waals surface area contributed by atoms with E-state index in [1.165, 1.54) is 44.7 Å². The number of carbonyl (C=O) groups excluding carboxylic acids is 1. The molecule has 39 heavy (non-hydrogen) atoms. The van der Waals surface area contributed by atoms with Gasteiger partial charge in [0.1, 0.15) is 0 Å². The molecule has 0 aliphatic heterocycles. The first-order valence-electron chi connectivity index (χ1n) is 13.1. The zero-order chi connectivity index (χ0) is 26.8. The number of fused-ring (bicyclic) bond motifs is 4. The standard InChI is InChI=1S/C32H29N5OS/c1-3-36-28-10-6-4-8-25(28)26-18-24(16-17-29(26)36)19-33-35-31(38)21-39-32-34-27-9-5-7-11-30(27)37(32)20-23-14-12-22(2)13-15-23/h4-19H,3,20-21H2,1-2H3,(H,35,38)/b33-19+. The van der Waals surface area contributed by atoms with Crippen molar-refractivity contribution in [1.29, 1.82) is 0 Å². The second-order valence-electron chi connectivity index (χ2n) is 9.57. The van der Waals surface area contributed by atoms with Crippen LogP contribution in [0.2, 0.25) is 0 Å². The fourth-order valence-corrected chi connectivity index (χ4v) is 5.83. The van der Waals surface area contributed by atoms with Gasteiger partial charge in [-0.3, -0.25) is 4.79 Å². The molecule has 0 aliphatic rings. The molecule has 2 aromatic heterocycles. The number of nitrogens with zero attached hydrogens (tertiary/aromatic N) is 4. The molecular formula is C32H29N5OS. The van der Waals surface area contributed by atoms with E-state index in [0.717, 1.165) is 28.3 Å². The molecule has 194 valence electrons. The number of aryl methyl sites for hydroxylation is 2. The number of hydrogen-bond donors (Lipinski definition) is 1. The highest BCUT2D eigenvalue weighted by atomic mass is 32.2. The topological polar surface area (TPSA) is 64.2 Å². The summed E-state index contributed by atoms with van der Waals surface area (Å²) in [5, 5.41) is 7.46. The second-order valence-corrected chi connectivity index (χ2v) is 10.5. The third-order valence-corrected chi connectivity index (χ3v) is 7.91. The first-order valence-corrected chi connectivity index (χ1v) is 14.1. The van der Waals surface area contributed by atoms with Crippen LogP contribution < -0.4 is 5.43 Å². The highest BCUT2D eigenvalue weighted by Crippen LogP contribution is 2.29. The van der Waals surface area contributed by atoms with Crippen molar-refractivity contribution in [2.24, 2.45) is 5.10 Å². The van der Waals surface area contributed by atoms with Crippen LogP contribution in [0, 0.1) is 6.92 Å². The molecule has 1 N–H and O–H groups in total. The van der Waals surface area contributed by atoms with Crippen molar-refractivity contribution in [3.05, 3.63) is 108 Å². The lowest BCUT2D eigenvalue weighted by Gasteiger charge is -2.09. The summed E-state index contributed by atoms with van der Waals surface area (Å²) in [4.78, 5) is 17.5. The van der Waals surface area contributed by atoms with Crippen LogP contribution in [-0.4, -0.2) is 32.0 Å². The fraction of sp³-hybridized carbons (Fsp3) is 0.156. The van der Waals surface area contributed by atoms with Gasteiger partial charge in [0.05, 0.1) is 29.5 Å². The maximum Gasteiger partial charge on any atom is 0.250 e. The summed E-state index contributed by atoms with van der Waals surface area (Å²) in [7, 11) is 0. The molecule has 0 bridgehead atoms. The van der Waals surface area contributed by atoms with Gasteiger partial charge < -0.3 is 9.13 Å². The zero-order valence-corrected chi connectivity index (χ0v) is 22.8. The largest absolute Gasteiger partial charge is 0.341 e. The van der Waals surface area contributed by atoms with Crippen LogP contribution in [0.1, 0.15) is 23.6 Å². The van der Waals surface area contributed by atoms with Crippen molar-refractivity contribution >= 4 is 56.7 Å². The Bertz CT molecular complexity index is 1830. The van der Waals surface area contributed by atoms with Gasteiger partial charge in [0.15, 0.2) is 5.16 Å². The van der Waals surface area contributed by atoms with E-state index in [9.17, 15) is 4.79 Å². The molecule has 0 aliphatic carbocycles. The van der Waals surface area contributed by atoms with Gasteiger partial charge in [0.25, 0.3) is 5.91 Å². The minimum absolute atomic E-state index is 0.172. The minimum atomic E-state index is -0.172. The van der Waals surface area contributed by atoms with E-state index in [2.05, 4.69) is 100 Å². The lowest BCUT2D eigenvalue weighted by molar-refractivity contribution is -0.118. The molecule has 4 aromatic carbocycles. The predicted molar refractivity (Wildman–Crippen MR) is 162 cm³/mol. The number of rotatable bonds is 8. The van der Waals surface area contributed by atoms with E-state index >= 15 is 0 Å². The van der Waals surface area contributed by atoms with Crippen LogP contribution in [0.15, 0.2) is 101 Å². The third kappa shape index (κ3) is 5.05. The molecule has 0 saturated heterocycles. The summed E-state index contributed by atoms with van der Waals surface area (Å²) in [6.45, 7) is 5.85. The maximum absolute atomic E-state index is 12.7. The highest BCUT2D eigenvalue weighted by Gasteiger charge is 2.14. The smallest absolute Gasteiger partial charge is 0.250 e. The van der Waals surface area contributed by atoms with Crippen molar-refractivity contribution < 1.29 is 4.79 Å². The van der Waals surface area contributed by atoms with Gasteiger partial charge in [-0.15, -0.1) is 0 Å². The maximum atomic E-state index is 12.7. The van der Waals surface area contributed by atoms with Crippen LogP contribution >= 0.6 is 11.8 Å². The van der Waals surface area contributed by atoms with Gasteiger partial charge in [-0.1, -0.05) is 78.0 Å². The quantitative estimate of drug-likeness (QED) is 0.134. The Morgan fingerprint density at radius 3 is 2.46 bits per heavy atom. The van der Waals surface area contributed by atoms with Gasteiger partial charge in [0, 0.05) is 28.4 Å². The summed E-state index contributed by atoms with van der Waals surface area (Å²) in [6.07, 6.45) is 1.70. The number of carbonyl (C=O) groups is 1. The molecule has 6 rings (SSSR count). The third-order valence-electron chi connectivity index (χ3n) is 6.93. The molecule has 0 unspecified atom stereocenters. The average Bonchev–Trinajstić information content (AvgIpc) is 3.47. The molecule has 0 atom stereocenters. The van der Waals surface area contributed by atoms with Crippen molar-refractivity contribution in [3.8, 4) is 0 Å². The van der Waals surface area contributed by atoms with Gasteiger partial charge in [-0.25, -0.2) is 10.4 Å². The summed E-state index contributed by atoms with van der Waals surface area (Å²) in [5.41, 5.74) is 10.4. The first kappa shape index (κ1) is 24.9. The SMILES string of the molecule is CCn1c2ccccc2c2cc(/C=N/NC(=O)CSc3nc4ccccc4n3Cc3ccc(C)cc3)ccc21. The minimum Gasteiger partial charge on any atom is -0.341 e. The Labute approximate surface area is 231 Å². The first-order chi connectivity index (χ1) is 19.1. The Balaban J connectivity index is 1.15. The van der Waals surface area contributed by atoms with Crippen LogP contribution in [0.3, 0.4) is 0 Å². The number of para-hydroxylation sites is 3. The lowest BCUT2D eigenvalue weighted by atomic mass is 10.1. The molecule has 7 heteroatoms. The number of amides is 1. The Kier molecular flexibility index (Phi) is 6.90. The summed E-state index contributed by atoms with van der Waals surface area (Å²) >= 11 is 1.42. The van der Waals surface area contributed by atoms with Crippen LogP contribution in [0.25, 0.3) is 32.8 Å². The van der Waals surface area contributed by atoms with E-state index in [0.29, 0.717) is 6.54 Å². The summed E-state index contributed by atoms with van der Waals surface area (Å²) < 4.78 is 4.49. The molecule has 1 amide bonds. The van der Waals surface area contributed by atoms with E-state index in [1.807, 2.05) is 24.3 Å². The summed E-state index contributed by atoms with van der Waals surface area (Å²) in [6, 6.07) is 31.3. The Morgan fingerprint density at radius 1 is 0.897 bits per heavy atom. The Hall–Kier alpha value is -4.36. The number of imidazole rings is 1. The van der Waals surface area contributed by atoms with Crippen molar-refractivity contribution in [3.63, 3.8) is 0 Å². The van der Waals surface area contributed by atoms with Crippen LogP contribution in [0.4, 0.5) is 0 Å². The van der Waals surface area contributed by atoms with Crippen LogP contribution in [0.5, 0.6) is 0 Å². The zero-order valence-electron chi connectivity index (χ0n) is 22.0. The van der Waals surface area contributed by atoms with Crippen molar-refractivity contribution in [1.82, 2.24) is 19.5 Å². The molecule has 0 spiro atoms. The van der Waals surface area contributed by atoms with Crippen molar-refractivity contribution in [2.75, 3.05) is 5.75 Å². The van der Waals surface area contributed by atoms with E-state index in [-0.39, 0.29) is 11.7 Å². The molecular weight excluding hydrogens is 502 g/mol. The number of nitrogens with one attached hydrogen (secondary N) is 1.